The summed E-state index contributed by atoms with van der Waals surface area (Å²) in [6, 6.07) is 5.47. The van der Waals surface area contributed by atoms with Gasteiger partial charge in [0.1, 0.15) is 0 Å². The van der Waals surface area contributed by atoms with E-state index in [0.29, 0.717) is 12.1 Å². The average Bonchev–Trinajstić information content (AvgIpc) is 3.06. The molecule has 1 N–H and O–H groups in total. The van der Waals surface area contributed by atoms with E-state index in [1.807, 2.05) is 6.20 Å². The van der Waals surface area contributed by atoms with E-state index >= 15 is 0 Å². The highest BCUT2D eigenvalue weighted by Crippen LogP contribution is 2.27. The fraction of sp³-hybridized carbons (Fsp3) is 0.706. The van der Waals surface area contributed by atoms with Crippen LogP contribution in [-0.4, -0.2) is 60.1 Å². The van der Waals surface area contributed by atoms with Gasteiger partial charge in [0.05, 0.1) is 0 Å². The minimum atomic E-state index is 0.490. The van der Waals surface area contributed by atoms with Gasteiger partial charge in [0.15, 0.2) is 0 Å². The van der Waals surface area contributed by atoms with Crippen molar-refractivity contribution in [2.45, 2.75) is 38.3 Å². The molecule has 0 saturated carbocycles. The summed E-state index contributed by atoms with van der Waals surface area (Å²) in [6.45, 7) is 9.36. The van der Waals surface area contributed by atoms with Crippen LogP contribution in [-0.2, 0) is 0 Å². The second-order valence-corrected chi connectivity index (χ2v) is 6.31. The van der Waals surface area contributed by atoms with Crippen LogP contribution in [0.25, 0.3) is 0 Å². The Morgan fingerprint density at radius 3 is 2.90 bits per heavy atom. The Bertz CT molecular complexity index is 416. The fourth-order valence-electron chi connectivity index (χ4n) is 3.75. The monoisotopic (exact) mass is 288 g/mol. The Hall–Kier alpha value is -0.970. The van der Waals surface area contributed by atoms with Crippen LogP contribution >= 0.6 is 0 Å². The van der Waals surface area contributed by atoms with E-state index in [1.165, 1.54) is 37.9 Å². The zero-order valence-corrected chi connectivity index (χ0v) is 13.2. The van der Waals surface area contributed by atoms with E-state index < -0.39 is 0 Å². The summed E-state index contributed by atoms with van der Waals surface area (Å²) in [5.74, 6) is 0. The maximum absolute atomic E-state index is 4.37. The molecule has 3 rings (SSSR count). The largest absolute Gasteiger partial charge is 0.314 e. The molecule has 2 aliphatic rings. The van der Waals surface area contributed by atoms with Crippen molar-refractivity contribution in [3.8, 4) is 0 Å². The number of likely N-dealkylation sites (tertiary alicyclic amines) is 1. The molecule has 0 amide bonds. The van der Waals surface area contributed by atoms with Crippen LogP contribution in [0.3, 0.4) is 0 Å². The van der Waals surface area contributed by atoms with Crippen LogP contribution in [0, 0.1) is 0 Å². The molecule has 2 aliphatic heterocycles. The molecule has 1 aromatic heterocycles. The van der Waals surface area contributed by atoms with Crippen molar-refractivity contribution >= 4 is 0 Å². The lowest BCUT2D eigenvalue weighted by Gasteiger charge is -2.42. The zero-order valence-electron chi connectivity index (χ0n) is 13.2. The van der Waals surface area contributed by atoms with Crippen molar-refractivity contribution in [2.75, 3.05) is 39.3 Å². The number of piperazine rings is 1. The molecule has 3 heterocycles. The minimum Gasteiger partial charge on any atom is -0.314 e. The van der Waals surface area contributed by atoms with Gasteiger partial charge in [-0.15, -0.1) is 0 Å². The maximum Gasteiger partial charge on any atom is 0.0494 e. The van der Waals surface area contributed by atoms with Crippen LogP contribution < -0.4 is 5.32 Å². The molecule has 0 aromatic carbocycles. The molecular weight excluding hydrogens is 260 g/mol. The molecule has 0 spiro atoms. The van der Waals surface area contributed by atoms with Crippen LogP contribution in [0.15, 0.2) is 24.5 Å². The average molecular weight is 288 g/mol. The number of aromatic nitrogens is 1. The Balaban J connectivity index is 1.80. The molecular formula is C17H28N4. The van der Waals surface area contributed by atoms with E-state index in [2.05, 4.69) is 45.4 Å². The number of hydrogen-bond donors (Lipinski definition) is 1. The zero-order chi connectivity index (χ0) is 14.5. The predicted molar refractivity (Wildman–Crippen MR) is 86.3 cm³/mol. The van der Waals surface area contributed by atoms with Gasteiger partial charge < -0.3 is 10.2 Å². The van der Waals surface area contributed by atoms with Crippen LogP contribution in [0.1, 0.15) is 37.8 Å². The van der Waals surface area contributed by atoms with Gasteiger partial charge in [-0.05, 0) is 44.0 Å². The highest BCUT2D eigenvalue weighted by Gasteiger charge is 2.30. The van der Waals surface area contributed by atoms with Crippen molar-refractivity contribution in [1.82, 2.24) is 20.1 Å². The summed E-state index contributed by atoms with van der Waals surface area (Å²) < 4.78 is 0. The van der Waals surface area contributed by atoms with Gasteiger partial charge >= 0.3 is 0 Å². The number of hydrogen-bond acceptors (Lipinski definition) is 4. The molecule has 0 bridgehead atoms. The second kappa shape index (κ2) is 7.34. The second-order valence-electron chi connectivity index (χ2n) is 6.31. The number of rotatable bonds is 5. The van der Waals surface area contributed by atoms with E-state index in [9.17, 15) is 0 Å². The van der Waals surface area contributed by atoms with Gasteiger partial charge in [0.25, 0.3) is 0 Å². The van der Waals surface area contributed by atoms with Crippen molar-refractivity contribution in [3.05, 3.63) is 30.1 Å². The topological polar surface area (TPSA) is 31.4 Å². The molecule has 2 unspecified atom stereocenters. The molecule has 4 heteroatoms. The van der Waals surface area contributed by atoms with Gasteiger partial charge in [-0.3, -0.25) is 9.88 Å². The molecule has 2 saturated heterocycles. The van der Waals surface area contributed by atoms with Gasteiger partial charge in [-0.25, -0.2) is 0 Å². The third-order valence-corrected chi connectivity index (χ3v) is 4.97. The standard InChI is InChI=1S/C17H28N4/c1-2-16-13-19-8-11-21(16)17(14-20-9-3-4-10-20)15-6-5-7-18-12-15/h5-7,12,16-17,19H,2-4,8-11,13-14H2,1H3. The Labute approximate surface area is 128 Å². The van der Waals surface area contributed by atoms with Crippen LogP contribution in [0.4, 0.5) is 0 Å². The summed E-state index contributed by atoms with van der Waals surface area (Å²) in [4.78, 5) is 9.71. The summed E-state index contributed by atoms with van der Waals surface area (Å²) in [5, 5.41) is 3.54. The first-order valence-electron chi connectivity index (χ1n) is 8.47. The van der Waals surface area contributed by atoms with Gasteiger partial charge in [-0.1, -0.05) is 13.0 Å². The third-order valence-electron chi connectivity index (χ3n) is 4.97. The molecule has 1 aromatic rings. The summed E-state index contributed by atoms with van der Waals surface area (Å²) in [7, 11) is 0. The first-order chi connectivity index (χ1) is 10.4. The predicted octanol–water partition coefficient (Wildman–Crippen LogP) is 1.90. The SMILES string of the molecule is CCC1CNCCN1C(CN1CCCC1)c1cccnc1. The third kappa shape index (κ3) is 3.62. The molecule has 2 fully saturated rings. The molecule has 116 valence electrons. The highest BCUT2D eigenvalue weighted by atomic mass is 15.3. The van der Waals surface area contributed by atoms with Gasteiger partial charge in [0.2, 0.25) is 0 Å². The van der Waals surface area contributed by atoms with Crippen molar-refractivity contribution < 1.29 is 0 Å². The lowest BCUT2D eigenvalue weighted by molar-refractivity contribution is 0.0797. The number of nitrogens with one attached hydrogen (secondary N) is 1. The first-order valence-corrected chi connectivity index (χ1v) is 8.47. The fourth-order valence-corrected chi connectivity index (χ4v) is 3.75. The highest BCUT2D eigenvalue weighted by molar-refractivity contribution is 5.15. The Kier molecular flexibility index (Phi) is 5.22. The van der Waals surface area contributed by atoms with E-state index in [4.69, 9.17) is 0 Å². The summed E-state index contributed by atoms with van der Waals surface area (Å²) >= 11 is 0. The number of nitrogens with zero attached hydrogens (tertiary/aromatic N) is 3. The maximum atomic E-state index is 4.37. The Morgan fingerprint density at radius 2 is 2.19 bits per heavy atom. The Morgan fingerprint density at radius 1 is 1.33 bits per heavy atom. The quantitative estimate of drug-likeness (QED) is 0.897. The molecule has 4 nitrogen and oxygen atoms in total. The normalized spacial score (nSPS) is 26.0. The van der Waals surface area contributed by atoms with Gasteiger partial charge in [-0.2, -0.15) is 0 Å². The molecule has 0 radical (unpaired) electrons. The van der Waals surface area contributed by atoms with E-state index in [1.54, 1.807) is 0 Å². The molecule has 21 heavy (non-hydrogen) atoms. The van der Waals surface area contributed by atoms with Gasteiger partial charge in [0, 0.05) is 50.7 Å². The van der Waals surface area contributed by atoms with Crippen molar-refractivity contribution in [1.29, 1.82) is 0 Å². The molecule has 2 atom stereocenters. The summed E-state index contributed by atoms with van der Waals surface area (Å²) in [5.41, 5.74) is 1.38. The lowest BCUT2D eigenvalue weighted by atomic mass is 10.0. The smallest absolute Gasteiger partial charge is 0.0494 e. The first kappa shape index (κ1) is 14.9. The van der Waals surface area contributed by atoms with E-state index in [0.717, 1.165) is 26.2 Å². The lowest BCUT2D eigenvalue weighted by Crippen LogP contribution is -2.54. The number of pyridine rings is 1. The van der Waals surface area contributed by atoms with E-state index in [-0.39, 0.29) is 0 Å². The van der Waals surface area contributed by atoms with Crippen molar-refractivity contribution in [2.24, 2.45) is 0 Å². The summed E-state index contributed by atoms with van der Waals surface area (Å²) in [6.07, 6.45) is 7.88. The van der Waals surface area contributed by atoms with Crippen LogP contribution in [0.2, 0.25) is 0 Å². The minimum absolute atomic E-state index is 0.490. The van der Waals surface area contributed by atoms with Crippen molar-refractivity contribution in [3.63, 3.8) is 0 Å². The van der Waals surface area contributed by atoms with Crippen LogP contribution in [0.5, 0.6) is 0 Å². The molecule has 0 aliphatic carbocycles.